The van der Waals surface area contributed by atoms with E-state index in [-0.39, 0.29) is 101 Å². The molecule has 2 nitrogen and oxygen atoms in total. The van der Waals surface area contributed by atoms with E-state index < -0.39 is 8.07 Å². The molecule has 219 valence electrons. The van der Waals surface area contributed by atoms with Crippen LogP contribution in [0.5, 0.6) is 0 Å². The minimum atomic E-state index is -1.23. The van der Waals surface area contributed by atoms with E-state index in [0.29, 0.717) is 0 Å². The summed E-state index contributed by atoms with van der Waals surface area (Å²) in [6.45, 7) is 7.00. The van der Waals surface area contributed by atoms with Crippen molar-refractivity contribution in [2.75, 3.05) is 0 Å². The largest absolute Gasteiger partial charge is 3.00 e. The molecule has 0 aliphatic heterocycles. The Bertz CT molecular complexity index is 1590. The molecular weight excluding hydrogens is 893 g/mol. The topological polar surface area (TPSA) is 25.8 Å². The molecule has 0 N–H and O–H groups in total. The number of nitrogens with zero attached hydrogens (tertiary/aromatic N) is 2. The number of rotatable bonds is 5. The number of hydrogen-bond donors (Lipinski definition) is 0. The number of hydrogen-bond acceptors (Lipinski definition) is 2. The SMILES string of the molecule is C[Si](C)(C)c1ccc(-c2[c-]cccc2)nc1.[B].[CH3-].[Ir].[Y+3].[Y].[c-]1ccc(-c2[c-]c(-c3ccccn3)[c-]cc2)[c-]c1-c1[c-]cccc1. The Balaban J connectivity index is 0.000000824. The number of benzene rings is 4. The Morgan fingerprint density at radius 2 is 1.13 bits per heavy atom. The average molecular weight is 925 g/mol. The molecule has 2 heterocycles. The number of pyridine rings is 2. The average Bonchev–Trinajstić information content (AvgIpc) is 3.02. The molecule has 0 atom stereocenters. The first-order valence-electron chi connectivity index (χ1n) is 13.2. The maximum atomic E-state index is 4.52. The van der Waals surface area contributed by atoms with Crippen molar-refractivity contribution in [2.45, 2.75) is 19.6 Å². The molecule has 0 bridgehead atoms. The summed E-state index contributed by atoms with van der Waals surface area (Å²) in [5.41, 5.74) is 7.57. The maximum absolute atomic E-state index is 4.52. The van der Waals surface area contributed by atoms with Crippen LogP contribution in [0.25, 0.3) is 44.8 Å². The standard InChI is InChI=1S/C23H12N.C14H16NSi.CH3.B.Ir.2Y/c1-2-8-18(9-3-1)19-10-6-11-20(16-19)21-12-7-13-22(17-21)23-14-4-5-15-24-23;1-16(2,3)13-9-10-14(15-11-13)12-7-5-4-6-8-12;;;;;/h1-8,11-12,14-15H;4-7,9-11H,1-3H3;1H3;;;;/q-5;2*-1;;;;+3. The van der Waals surface area contributed by atoms with Gasteiger partial charge >= 0.3 is 32.7 Å². The summed E-state index contributed by atoms with van der Waals surface area (Å²) in [5.74, 6) is 0. The maximum Gasteiger partial charge on any atom is 3.00 e. The Morgan fingerprint density at radius 1 is 0.556 bits per heavy atom. The molecule has 0 aliphatic carbocycles. The minimum Gasteiger partial charge on any atom is -0.408 e. The van der Waals surface area contributed by atoms with Crippen molar-refractivity contribution >= 4 is 21.7 Å². The first kappa shape index (κ1) is 43.3. The van der Waals surface area contributed by atoms with Gasteiger partial charge in [-0.3, -0.25) is 17.7 Å². The van der Waals surface area contributed by atoms with E-state index in [1.807, 2.05) is 97.2 Å². The van der Waals surface area contributed by atoms with Gasteiger partial charge in [0.2, 0.25) is 0 Å². The monoisotopic (exact) mass is 925 g/mol. The van der Waals surface area contributed by atoms with Crippen LogP contribution in [0.3, 0.4) is 0 Å². The third kappa shape index (κ3) is 12.5. The molecule has 0 saturated carbocycles. The predicted octanol–water partition coefficient (Wildman–Crippen LogP) is 8.24. The summed E-state index contributed by atoms with van der Waals surface area (Å²) in [6, 6.07) is 53.3. The summed E-state index contributed by atoms with van der Waals surface area (Å²) in [6.07, 6.45) is 3.79. The molecule has 45 heavy (non-hydrogen) atoms. The fourth-order valence-electron chi connectivity index (χ4n) is 4.05. The molecule has 0 spiro atoms. The third-order valence-electron chi connectivity index (χ3n) is 6.28. The van der Waals surface area contributed by atoms with E-state index in [1.165, 1.54) is 5.19 Å². The Labute approximate surface area is 337 Å². The van der Waals surface area contributed by atoms with Crippen LogP contribution in [0, 0.1) is 43.8 Å². The second-order valence-corrected chi connectivity index (χ2v) is 15.3. The Morgan fingerprint density at radius 3 is 1.64 bits per heavy atom. The van der Waals surface area contributed by atoms with E-state index in [4.69, 9.17) is 0 Å². The van der Waals surface area contributed by atoms with Crippen LogP contribution < -0.4 is 5.19 Å². The van der Waals surface area contributed by atoms with Crippen LogP contribution in [0.2, 0.25) is 19.6 Å². The molecule has 4 aromatic carbocycles. The van der Waals surface area contributed by atoms with Crippen LogP contribution in [0.15, 0.2) is 116 Å². The fourth-order valence-corrected chi connectivity index (χ4v) is 5.08. The molecular formula is C38H31BIrN2SiY2-4. The first-order valence-corrected chi connectivity index (χ1v) is 16.7. The quantitative estimate of drug-likeness (QED) is 0.129. The zero-order valence-electron chi connectivity index (χ0n) is 25.9. The normalized spacial score (nSPS) is 9.67. The van der Waals surface area contributed by atoms with Gasteiger partial charge in [-0.15, -0.1) is 48.0 Å². The van der Waals surface area contributed by atoms with Gasteiger partial charge in [0, 0.05) is 73.6 Å². The van der Waals surface area contributed by atoms with Gasteiger partial charge in [-0.25, -0.2) is 42.0 Å². The van der Waals surface area contributed by atoms with Crippen LogP contribution in [0.4, 0.5) is 0 Å². The van der Waals surface area contributed by atoms with Crippen molar-refractivity contribution in [3.8, 4) is 44.8 Å². The predicted molar refractivity (Wildman–Crippen MR) is 178 cm³/mol. The van der Waals surface area contributed by atoms with Crippen molar-refractivity contribution in [1.29, 1.82) is 0 Å². The van der Waals surface area contributed by atoms with Crippen molar-refractivity contribution in [1.82, 2.24) is 9.97 Å². The number of aromatic nitrogens is 2. The Hall–Kier alpha value is -1.68. The van der Waals surface area contributed by atoms with Crippen LogP contribution in [-0.2, 0) is 85.5 Å². The van der Waals surface area contributed by atoms with Gasteiger partial charge in [0.1, 0.15) is 0 Å². The summed E-state index contributed by atoms with van der Waals surface area (Å²) < 4.78 is 0. The Kier molecular flexibility index (Phi) is 20.4. The van der Waals surface area contributed by atoms with Gasteiger partial charge in [0.15, 0.2) is 0 Å². The van der Waals surface area contributed by atoms with Crippen LogP contribution in [0.1, 0.15) is 0 Å². The summed E-state index contributed by atoms with van der Waals surface area (Å²) >= 11 is 0. The van der Waals surface area contributed by atoms with Gasteiger partial charge in [-0.2, -0.15) is 12.1 Å². The van der Waals surface area contributed by atoms with Gasteiger partial charge < -0.3 is 46.2 Å². The second kappa shape index (κ2) is 21.2. The molecule has 6 rings (SSSR count). The van der Waals surface area contributed by atoms with Crippen molar-refractivity contribution < 1.29 is 85.5 Å². The van der Waals surface area contributed by atoms with Crippen molar-refractivity contribution in [3.05, 3.63) is 159 Å². The molecule has 0 amide bonds. The molecule has 0 saturated heterocycles. The van der Waals surface area contributed by atoms with E-state index >= 15 is 0 Å². The van der Waals surface area contributed by atoms with E-state index in [2.05, 4.69) is 78.1 Å². The van der Waals surface area contributed by atoms with Gasteiger partial charge in [-0.05, 0) is 16.9 Å². The molecule has 0 aliphatic rings. The van der Waals surface area contributed by atoms with Crippen molar-refractivity contribution in [3.63, 3.8) is 0 Å². The zero-order chi connectivity index (χ0) is 27.8. The smallest absolute Gasteiger partial charge is 0.408 e. The molecule has 7 heteroatoms. The summed E-state index contributed by atoms with van der Waals surface area (Å²) in [7, 11) is -1.23. The molecule has 0 unspecified atom stereocenters. The fraction of sp³-hybridized carbons (Fsp3) is 0.0789. The van der Waals surface area contributed by atoms with E-state index in [0.717, 1.165) is 44.8 Å². The van der Waals surface area contributed by atoms with Gasteiger partial charge in [0.25, 0.3) is 0 Å². The molecule has 2 aromatic heterocycles. The van der Waals surface area contributed by atoms with E-state index in [1.54, 1.807) is 6.20 Å². The van der Waals surface area contributed by atoms with Crippen molar-refractivity contribution in [2.24, 2.45) is 0 Å². The summed E-state index contributed by atoms with van der Waals surface area (Å²) in [5, 5.41) is 1.40. The molecule has 6 aromatic rings. The minimum absolute atomic E-state index is 0. The zero-order valence-corrected chi connectivity index (χ0v) is 35.0. The van der Waals surface area contributed by atoms with Crippen LogP contribution >= 0.6 is 0 Å². The molecule has 5 radical (unpaired) electrons. The first-order chi connectivity index (χ1) is 19.5. The summed E-state index contributed by atoms with van der Waals surface area (Å²) in [4.78, 5) is 8.88. The molecule has 0 fully saturated rings. The van der Waals surface area contributed by atoms with Gasteiger partial charge in [0.05, 0.1) is 8.07 Å². The third-order valence-corrected chi connectivity index (χ3v) is 8.31. The van der Waals surface area contributed by atoms with Crippen LogP contribution in [-0.4, -0.2) is 26.5 Å². The van der Waals surface area contributed by atoms with Gasteiger partial charge in [-0.1, -0.05) is 43.5 Å². The van der Waals surface area contributed by atoms with E-state index in [9.17, 15) is 0 Å². The second-order valence-electron chi connectivity index (χ2n) is 10.2.